The molecule has 0 saturated heterocycles. The third-order valence-corrected chi connectivity index (χ3v) is 0. The molecular weight excluding hydrogens is 487 g/mol. The van der Waals surface area contributed by atoms with Gasteiger partial charge in [0.05, 0.1) is 10.2 Å². The van der Waals surface area contributed by atoms with Gasteiger partial charge in [0.1, 0.15) is 0 Å². The van der Waals surface area contributed by atoms with Gasteiger partial charge in [-0.05, 0) is 0 Å². The Labute approximate surface area is 151 Å². The van der Waals surface area contributed by atoms with E-state index in [1.165, 1.54) is 0 Å². The standard InChI is InChI=1S/2ClH.2NO3.H2O4S.3Zn/c;;2*2-1(3)4;1-5(2,3)4;;;/h2*1H;;;(H2,1,2,3,4);;;/q;;2*-1;;3*+2/p-4. The SMILES string of the molecule is O=S(=O)([O-])[O-].O=[N+]([O-])[O-].O=[N+]([O-])[O-].[Cl-].[Cl-].[Zn+2].[Zn+2].[Zn+2]. The fourth-order valence-electron chi connectivity index (χ4n) is 0. The molecule has 0 bridgehead atoms. The van der Waals surface area contributed by atoms with Crippen LogP contribution in [-0.4, -0.2) is 27.7 Å². The van der Waals surface area contributed by atoms with Crippen LogP contribution in [0.25, 0.3) is 0 Å². The number of hydrogen-bond acceptors (Lipinski definition) is 10. The van der Waals surface area contributed by atoms with Crippen molar-refractivity contribution in [1.82, 2.24) is 0 Å². The monoisotopic (exact) mass is 482 g/mol. The first-order valence-electron chi connectivity index (χ1n) is 1.76. The van der Waals surface area contributed by atoms with Gasteiger partial charge in [-0.25, -0.2) is 0 Å². The van der Waals surface area contributed by atoms with Crippen LogP contribution in [0.2, 0.25) is 0 Å². The first-order valence-corrected chi connectivity index (χ1v) is 3.10. The maximum absolute atomic E-state index is 8.52. The number of hydrogen-bond donors (Lipinski definition) is 0. The van der Waals surface area contributed by atoms with Crippen LogP contribution in [0, 0.1) is 30.6 Å². The minimum absolute atomic E-state index is 0. The van der Waals surface area contributed by atoms with Crippen molar-refractivity contribution in [1.29, 1.82) is 0 Å². The summed E-state index contributed by atoms with van der Waals surface area (Å²) in [6, 6.07) is 0. The molecule has 0 rings (SSSR count). The van der Waals surface area contributed by atoms with E-state index in [1.807, 2.05) is 0 Å². The molecule has 0 atom stereocenters. The van der Waals surface area contributed by atoms with E-state index in [-0.39, 0.29) is 83.2 Å². The normalized spacial score (nSPS) is 5.89. The summed E-state index contributed by atoms with van der Waals surface area (Å²) in [5.74, 6) is 0. The van der Waals surface area contributed by atoms with Crippen molar-refractivity contribution in [2.24, 2.45) is 0 Å². The van der Waals surface area contributed by atoms with E-state index in [0.717, 1.165) is 0 Å². The Kier molecular flexibility index (Phi) is 87.0. The predicted molar refractivity (Wildman–Crippen MR) is 31.2 cm³/mol. The molecule has 0 fully saturated rings. The number of rotatable bonds is 0. The minimum atomic E-state index is -5.17. The second-order valence-corrected chi connectivity index (χ2v) is 1.67. The van der Waals surface area contributed by atoms with Crippen molar-refractivity contribution in [2.75, 3.05) is 0 Å². The zero-order chi connectivity index (χ0) is 11.7. The molecule has 0 aliphatic heterocycles. The summed E-state index contributed by atoms with van der Waals surface area (Å²) in [7, 11) is -5.17. The molecule has 0 aliphatic carbocycles. The van der Waals surface area contributed by atoms with Crippen LogP contribution >= 0.6 is 0 Å². The Morgan fingerprint density at radius 2 is 0.667 bits per heavy atom. The Bertz CT molecular complexity index is 228. The molecule has 18 heavy (non-hydrogen) atoms. The van der Waals surface area contributed by atoms with E-state index in [1.54, 1.807) is 0 Å². The van der Waals surface area contributed by atoms with Crippen LogP contribution in [0.1, 0.15) is 0 Å². The Morgan fingerprint density at radius 1 is 0.667 bits per heavy atom. The van der Waals surface area contributed by atoms with Gasteiger partial charge in [0.25, 0.3) is 0 Å². The average molecular weight is 487 g/mol. The van der Waals surface area contributed by atoms with Crippen molar-refractivity contribution in [3.63, 3.8) is 0 Å². The van der Waals surface area contributed by atoms with E-state index in [4.69, 9.17) is 48.2 Å². The Balaban J connectivity index is -0.0000000123. The topological polar surface area (TPSA) is 213 Å². The van der Waals surface area contributed by atoms with E-state index in [2.05, 4.69) is 0 Å². The molecule has 0 spiro atoms. The fraction of sp³-hybridized carbons (Fsp3) is 0. The molecule has 0 aromatic carbocycles. The minimum Gasteiger partial charge on any atom is -1.00 e. The van der Waals surface area contributed by atoms with Crippen LogP contribution in [0.4, 0.5) is 0 Å². The molecule has 96 valence electrons. The van der Waals surface area contributed by atoms with Crippen LogP contribution in [0.3, 0.4) is 0 Å². The number of halogens is 2. The smallest absolute Gasteiger partial charge is 1.00 e. The van der Waals surface area contributed by atoms with Crippen molar-refractivity contribution < 1.29 is 111 Å². The van der Waals surface area contributed by atoms with E-state index >= 15 is 0 Å². The second kappa shape index (κ2) is 30.6. The molecule has 0 N–H and O–H groups in total. The van der Waals surface area contributed by atoms with Crippen molar-refractivity contribution in [2.45, 2.75) is 0 Å². The molecular formula is Cl2N2O10SZn3. The molecule has 0 aromatic heterocycles. The molecule has 0 aliphatic rings. The van der Waals surface area contributed by atoms with Crippen molar-refractivity contribution >= 4 is 10.4 Å². The molecule has 0 radical (unpaired) electrons. The maximum atomic E-state index is 8.52. The van der Waals surface area contributed by atoms with E-state index in [9.17, 15) is 0 Å². The zero-order valence-corrected chi connectivity index (χ0v) is 19.5. The summed E-state index contributed by atoms with van der Waals surface area (Å²) >= 11 is 0. The van der Waals surface area contributed by atoms with Gasteiger partial charge < -0.3 is 64.6 Å². The largest absolute Gasteiger partial charge is 2.00 e. The molecule has 0 heterocycles. The van der Waals surface area contributed by atoms with Crippen molar-refractivity contribution in [3.05, 3.63) is 30.6 Å². The molecule has 12 nitrogen and oxygen atoms in total. The van der Waals surface area contributed by atoms with Crippen LogP contribution in [-0.2, 0) is 68.8 Å². The molecule has 0 unspecified atom stereocenters. The number of nitrogens with zero attached hydrogens (tertiary/aromatic N) is 2. The van der Waals surface area contributed by atoms with Gasteiger partial charge in [0, 0.05) is 10.4 Å². The third kappa shape index (κ3) is 7970. The Morgan fingerprint density at radius 3 is 0.667 bits per heavy atom. The summed E-state index contributed by atoms with van der Waals surface area (Å²) in [5.41, 5.74) is 0. The summed E-state index contributed by atoms with van der Waals surface area (Å²) in [6.45, 7) is 0. The molecule has 0 amide bonds. The van der Waals surface area contributed by atoms with Gasteiger partial charge in [-0.1, -0.05) is 0 Å². The van der Waals surface area contributed by atoms with Gasteiger partial charge in [0.15, 0.2) is 0 Å². The average Bonchev–Trinajstić information content (AvgIpc) is 1.50. The van der Waals surface area contributed by atoms with Gasteiger partial charge in [-0.2, -0.15) is 0 Å². The van der Waals surface area contributed by atoms with Crippen LogP contribution in [0.5, 0.6) is 0 Å². The fourth-order valence-corrected chi connectivity index (χ4v) is 0. The second-order valence-electron chi connectivity index (χ2n) is 0.855. The summed E-state index contributed by atoms with van der Waals surface area (Å²) in [6.07, 6.45) is 0. The zero-order valence-electron chi connectivity index (χ0n) is 8.26. The van der Waals surface area contributed by atoms with Gasteiger partial charge in [-0.15, -0.1) is 0 Å². The van der Waals surface area contributed by atoms with Gasteiger partial charge in [-0.3, -0.25) is 8.42 Å². The molecule has 0 aromatic rings. The summed E-state index contributed by atoms with van der Waals surface area (Å²) in [5, 5.41) is 29.5. The molecule has 18 heteroatoms. The first kappa shape index (κ1) is 51.1. The van der Waals surface area contributed by atoms with Gasteiger partial charge in [0.2, 0.25) is 0 Å². The first-order chi connectivity index (χ1) is 5.46. The predicted octanol–water partition coefficient (Wildman–Crippen LogP) is -7.82. The maximum Gasteiger partial charge on any atom is 2.00 e. The summed E-state index contributed by atoms with van der Waals surface area (Å²) < 4.78 is 34.1. The third-order valence-electron chi connectivity index (χ3n) is 0. The van der Waals surface area contributed by atoms with Crippen LogP contribution < -0.4 is 24.8 Å². The molecule has 0 saturated carbocycles. The quantitative estimate of drug-likeness (QED) is 0.103. The van der Waals surface area contributed by atoms with E-state index in [0.29, 0.717) is 0 Å². The van der Waals surface area contributed by atoms with Crippen LogP contribution in [0.15, 0.2) is 0 Å². The Hall–Kier alpha value is 0.720. The summed E-state index contributed by atoms with van der Waals surface area (Å²) in [4.78, 5) is 16.5. The van der Waals surface area contributed by atoms with E-state index < -0.39 is 20.6 Å². The van der Waals surface area contributed by atoms with Gasteiger partial charge >= 0.3 is 58.4 Å². The van der Waals surface area contributed by atoms with Crippen molar-refractivity contribution in [3.8, 4) is 0 Å².